The summed E-state index contributed by atoms with van der Waals surface area (Å²) in [7, 11) is 0. The van der Waals surface area contributed by atoms with E-state index in [1.165, 1.54) is 25.7 Å². The first-order valence-electron chi connectivity index (χ1n) is 4.53. The third kappa shape index (κ3) is 3.28. The zero-order valence-corrected chi connectivity index (χ0v) is 7.10. The first-order chi connectivity index (χ1) is 5.43. The Labute approximate surface area is 69.7 Å². The average Bonchev–Trinajstić information content (AvgIpc) is 2.50. The van der Waals surface area contributed by atoms with Crippen LogP contribution in [0, 0.1) is 17.8 Å². The van der Waals surface area contributed by atoms with Crippen molar-refractivity contribution in [3.63, 3.8) is 0 Å². The lowest BCUT2D eigenvalue weighted by Gasteiger charge is -1.94. The van der Waals surface area contributed by atoms with Crippen LogP contribution in [0.2, 0.25) is 0 Å². The molecule has 0 bridgehead atoms. The third-order valence-corrected chi connectivity index (χ3v) is 2.13. The Morgan fingerprint density at radius 3 is 2.73 bits per heavy atom. The molecule has 0 atom stereocenters. The average molecular weight is 148 g/mol. The Balaban J connectivity index is 2.14. The van der Waals surface area contributed by atoms with Crippen molar-refractivity contribution < 1.29 is 0 Å². The lowest BCUT2D eigenvalue weighted by Crippen LogP contribution is -1.85. The van der Waals surface area contributed by atoms with E-state index in [0.29, 0.717) is 0 Å². The molecule has 0 heteroatoms. The van der Waals surface area contributed by atoms with Crippen molar-refractivity contribution in [2.45, 2.75) is 38.5 Å². The molecule has 0 aromatic heterocycles. The summed E-state index contributed by atoms with van der Waals surface area (Å²) in [5.41, 5.74) is 0. The van der Waals surface area contributed by atoms with Gasteiger partial charge in [0.15, 0.2) is 0 Å². The number of allylic oxidation sites excluding steroid dienone is 1. The fourth-order valence-electron chi connectivity index (χ4n) is 1.46. The molecule has 0 nitrogen and oxygen atoms in total. The van der Waals surface area contributed by atoms with Crippen LogP contribution in [0.5, 0.6) is 0 Å². The van der Waals surface area contributed by atoms with Gasteiger partial charge in [-0.1, -0.05) is 24.8 Å². The van der Waals surface area contributed by atoms with Gasteiger partial charge in [-0.2, -0.15) is 0 Å². The summed E-state index contributed by atoms with van der Waals surface area (Å²) < 4.78 is 0. The van der Waals surface area contributed by atoms with Crippen LogP contribution in [0.15, 0.2) is 12.7 Å². The van der Waals surface area contributed by atoms with Crippen LogP contribution in [-0.2, 0) is 0 Å². The maximum atomic E-state index is 3.66. The molecule has 1 saturated carbocycles. The van der Waals surface area contributed by atoms with Crippen molar-refractivity contribution in [2.24, 2.45) is 5.92 Å². The van der Waals surface area contributed by atoms with E-state index >= 15 is 0 Å². The van der Waals surface area contributed by atoms with E-state index in [2.05, 4.69) is 18.4 Å². The number of rotatable bonds is 2. The molecule has 0 radical (unpaired) electrons. The quantitative estimate of drug-likeness (QED) is 0.320. The van der Waals surface area contributed by atoms with Crippen LogP contribution in [0.3, 0.4) is 0 Å². The minimum Gasteiger partial charge on any atom is -0.103 e. The molecule has 0 aliphatic heterocycles. The topological polar surface area (TPSA) is 0 Å². The molecule has 0 aromatic carbocycles. The predicted octanol–water partition coefficient (Wildman–Crippen LogP) is 3.15. The minimum absolute atomic E-state index is 0.722. The Kier molecular flexibility index (Phi) is 3.83. The van der Waals surface area contributed by atoms with Crippen LogP contribution in [-0.4, -0.2) is 0 Å². The molecule has 0 saturated heterocycles. The highest BCUT2D eigenvalue weighted by molar-refractivity contribution is 5.05. The molecule has 0 amide bonds. The summed E-state index contributed by atoms with van der Waals surface area (Å²) in [4.78, 5) is 0. The molecular formula is C11H16. The Morgan fingerprint density at radius 2 is 2.09 bits per heavy atom. The molecule has 0 N–H and O–H groups in total. The van der Waals surface area contributed by atoms with E-state index in [-0.39, 0.29) is 0 Å². The highest BCUT2D eigenvalue weighted by atomic mass is 14.1. The maximum Gasteiger partial charge on any atom is 0.0202 e. The largest absolute Gasteiger partial charge is 0.103 e. The van der Waals surface area contributed by atoms with Gasteiger partial charge < -0.3 is 0 Å². The monoisotopic (exact) mass is 148 g/mol. The fraction of sp³-hybridized carbons (Fsp3) is 0.636. The summed E-state index contributed by atoms with van der Waals surface area (Å²) in [6, 6.07) is 0. The lowest BCUT2D eigenvalue weighted by molar-refractivity contribution is 0.711. The number of hydrogen-bond donors (Lipinski definition) is 0. The second-order valence-corrected chi connectivity index (χ2v) is 3.13. The molecule has 11 heavy (non-hydrogen) atoms. The zero-order valence-electron chi connectivity index (χ0n) is 7.10. The van der Waals surface area contributed by atoms with Gasteiger partial charge in [0.05, 0.1) is 0 Å². The highest BCUT2D eigenvalue weighted by Gasteiger charge is 2.10. The minimum atomic E-state index is 0.722. The fourth-order valence-corrected chi connectivity index (χ4v) is 1.46. The molecule has 0 aromatic rings. The first kappa shape index (κ1) is 8.40. The Hall–Kier alpha value is -0.700. The van der Waals surface area contributed by atoms with Crippen molar-refractivity contribution >= 4 is 0 Å². The van der Waals surface area contributed by atoms with Gasteiger partial charge in [0.1, 0.15) is 0 Å². The molecule has 1 aliphatic carbocycles. The van der Waals surface area contributed by atoms with Gasteiger partial charge in [-0.3, -0.25) is 0 Å². The van der Waals surface area contributed by atoms with Crippen molar-refractivity contribution in [3.05, 3.63) is 12.7 Å². The van der Waals surface area contributed by atoms with E-state index < -0.39 is 0 Å². The number of hydrogen-bond acceptors (Lipinski definition) is 0. The van der Waals surface area contributed by atoms with Gasteiger partial charge in [0.2, 0.25) is 0 Å². The molecule has 0 unspecified atom stereocenters. The van der Waals surface area contributed by atoms with Crippen molar-refractivity contribution in [1.29, 1.82) is 0 Å². The SMILES string of the molecule is C=CCCC#CC1CCCC1. The third-order valence-electron chi connectivity index (χ3n) is 2.13. The van der Waals surface area contributed by atoms with Crippen LogP contribution in [0.4, 0.5) is 0 Å². The molecule has 1 aliphatic rings. The Bertz CT molecular complexity index is 162. The van der Waals surface area contributed by atoms with E-state index in [4.69, 9.17) is 0 Å². The van der Waals surface area contributed by atoms with E-state index in [1.54, 1.807) is 0 Å². The summed E-state index contributed by atoms with van der Waals surface area (Å²) in [6.07, 6.45) is 9.42. The van der Waals surface area contributed by atoms with Crippen LogP contribution in [0.1, 0.15) is 38.5 Å². The van der Waals surface area contributed by atoms with Gasteiger partial charge >= 0.3 is 0 Å². The second-order valence-electron chi connectivity index (χ2n) is 3.13. The van der Waals surface area contributed by atoms with Crippen LogP contribution >= 0.6 is 0 Å². The zero-order chi connectivity index (χ0) is 7.94. The standard InChI is InChI=1S/C11H16/c1-2-3-4-5-8-11-9-6-7-10-11/h2,11H,1,3-4,6-7,9-10H2. The van der Waals surface area contributed by atoms with E-state index in [0.717, 1.165) is 18.8 Å². The van der Waals surface area contributed by atoms with Crippen molar-refractivity contribution in [1.82, 2.24) is 0 Å². The van der Waals surface area contributed by atoms with Crippen LogP contribution < -0.4 is 0 Å². The van der Waals surface area contributed by atoms with Gasteiger partial charge in [0.25, 0.3) is 0 Å². The predicted molar refractivity (Wildman–Crippen MR) is 49.2 cm³/mol. The van der Waals surface area contributed by atoms with Gasteiger partial charge in [-0.05, 0) is 19.3 Å². The first-order valence-corrected chi connectivity index (χ1v) is 4.53. The molecule has 1 fully saturated rings. The van der Waals surface area contributed by atoms with Gasteiger partial charge in [0, 0.05) is 12.3 Å². The van der Waals surface area contributed by atoms with Gasteiger partial charge in [-0.15, -0.1) is 12.5 Å². The van der Waals surface area contributed by atoms with Gasteiger partial charge in [-0.25, -0.2) is 0 Å². The Morgan fingerprint density at radius 1 is 1.36 bits per heavy atom. The summed E-state index contributed by atoms with van der Waals surface area (Å²) in [5.74, 6) is 7.25. The van der Waals surface area contributed by atoms with E-state index in [1.807, 2.05) is 6.08 Å². The van der Waals surface area contributed by atoms with Crippen LogP contribution in [0.25, 0.3) is 0 Å². The van der Waals surface area contributed by atoms with E-state index in [9.17, 15) is 0 Å². The molecule has 60 valence electrons. The summed E-state index contributed by atoms with van der Waals surface area (Å²) in [6.45, 7) is 3.66. The maximum absolute atomic E-state index is 3.66. The number of unbranched alkanes of at least 4 members (excludes halogenated alkanes) is 1. The summed E-state index contributed by atoms with van der Waals surface area (Å²) >= 11 is 0. The van der Waals surface area contributed by atoms with Crippen molar-refractivity contribution in [3.8, 4) is 11.8 Å². The molecular weight excluding hydrogens is 132 g/mol. The van der Waals surface area contributed by atoms with Crippen molar-refractivity contribution in [2.75, 3.05) is 0 Å². The highest BCUT2D eigenvalue weighted by Crippen LogP contribution is 2.23. The lowest BCUT2D eigenvalue weighted by atomic mass is 10.1. The summed E-state index contributed by atoms with van der Waals surface area (Å²) in [5, 5.41) is 0. The second kappa shape index (κ2) is 5.02. The normalized spacial score (nSPS) is 17.5. The molecule has 1 rings (SSSR count). The molecule has 0 heterocycles. The molecule has 0 spiro atoms. The smallest absolute Gasteiger partial charge is 0.0202 e.